The molecule has 0 heterocycles. The molecule has 0 atom stereocenters. The van der Waals surface area contributed by atoms with Gasteiger partial charge in [-0.3, -0.25) is 0 Å². The average molecular weight is 229 g/mol. The fourth-order valence-corrected chi connectivity index (χ4v) is 2.66. The van der Waals surface area contributed by atoms with Crippen LogP contribution in [-0.2, 0) is 0 Å². The van der Waals surface area contributed by atoms with Crippen molar-refractivity contribution in [1.29, 1.82) is 0 Å². The van der Waals surface area contributed by atoms with E-state index in [1.165, 1.54) is 8.22 Å². The third-order valence-corrected chi connectivity index (χ3v) is 4.13. The van der Waals surface area contributed by atoms with Crippen LogP contribution in [0.3, 0.4) is 0 Å². The molecule has 0 aliphatic carbocycles. The van der Waals surface area contributed by atoms with Crippen molar-refractivity contribution in [2.45, 2.75) is 13.3 Å². The van der Waals surface area contributed by atoms with Gasteiger partial charge in [0.25, 0.3) is 0 Å². The van der Waals surface area contributed by atoms with Crippen LogP contribution in [0.1, 0.15) is 13.3 Å². The monoisotopic (exact) mass is 230 g/mol. The molecule has 0 amide bonds. The normalized spacial score (nSPS) is 9.55. The topological polar surface area (TPSA) is 0 Å². The Bertz CT molecular complexity index is 231. The molecule has 0 N–H and O–H groups in total. The van der Waals surface area contributed by atoms with Crippen LogP contribution in [0.4, 0.5) is 0 Å². The van der Waals surface area contributed by atoms with Crippen LogP contribution in [0.2, 0.25) is 0 Å². The number of hydrogen-bond acceptors (Lipinski definition) is 1. The number of rotatable bonds is 3. The summed E-state index contributed by atoms with van der Waals surface area (Å²) in [5.41, 5.74) is 0. The number of thiocarbonyl (C=S) groups is 1. The first kappa shape index (κ1) is 8.92. The molecule has 0 nitrogen and oxygen atoms in total. The minimum atomic E-state index is 0.408. The van der Waals surface area contributed by atoms with Gasteiger partial charge in [-0.1, -0.05) is 0 Å². The van der Waals surface area contributed by atoms with E-state index in [9.17, 15) is 0 Å². The molecular formula is C9H10SSe. The van der Waals surface area contributed by atoms with Gasteiger partial charge in [0.1, 0.15) is 0 Å². The van der Waals surface area contributed by atoms with E-state index in [4.69, 9.17) is 12.2 Å². The third-order valence-electron chi connectivity index (χ3n) is 1.26. The van der Waals surface area contributed by atoms with Gasteiger partial charge in [0.05, 0.1) is 0 Å². The molecule has 1 aromatic carbocycles. The Morgan fingerprint density at radius 2 is 2.00 bits per heavy atom. The van der Waals surface area contributed by atoms with Crippen LogP contribution < -0.4 is 4.46 Å². The van der Waals surface area contributed by atoms with Crippen molar-refractivity contribution >= 4 is 35.4 Å². The standard InChI is InChI=1S/C9H10SSe/c1-2-9(10)11-8-6-4-3-5-7-8/h3-7H,2H2,1H3. The molecule has 58 valence electrons. The molecule has 0 spiro atoms. The van der Waals surface area contributed by atoms with Crippen LogP contribution in [0.5, 0.6) is 0 Å². The molecule has 0 saturated carbocycles. The number of hydrogen-bond donors (Lipinski definition) is 0. The van der Waals surface area contributed by atoms with Crippen LogP contribution in [0.25, 0.3) is 0 Å². The molecule has 0 saturated heterocycles. The Morgan fingerprint density at radius 3 is 2.55 bits per heavy atom. The third kappa shape index (κ3) is 3.15. The van der Waals surface area contributed by atoms with Crippen LogP contribution in [0, 0.1) is 0 Å². The SMILES string of the molecule is CCC(=S)[Se]c1ccccc1. The van der Waals surface area contributed by atoms with Crippen LogP contribution in [0.15, 0.2) is 30.3 Å². The Labute approximate surface area is 79.2 Å². The molecule has 0 unspecified atom stereocenters. The summed E-state index contributed by atoms with van der Waals surface area (Å²) in [6, 6.07) is 10.4. The zero-order valence-corrected chi connectivity index (χ0v) is 8.94. The Balaban J connectivity index is 2.58. The molecule has 2 heteroatoms. The second-order valence-corrected chi connectivity index (χ2v) is 5.67. The molecule has 1 aromatic rings. The average Bonchev–Trinajstić information content (AvgIpc) is 2.06. The van der Waals surface area contributed by atoms with E-state index in [2.05, 4.69) is 31.2 Å². The van der Waals surface area contributed by atoms with Gasteiger partial charge in [0.2, 0.25) is 0 Å². The zero-order chi connectivity index (χ0) is 8.10. The summed E-state index contributed by atoms with van der Waals surface area (Å²) in [4.78, 5) is 0. The van der Waals surface area contributed by atoms with Gasteiger partial charge in [0.15, 0.2) is 0 Å². The summed E-state index contributed by atoms with van der Waals surface area (Å²) >= 11 is 5.57. The van der Waals surface area contributed by atoms with E-state index in [0.29, 0.717) is 15.0 Å². The van der Waals surface area contributed by atoms with Crippen molar-refractivity contribution in [1.82, 2.24) is 0 Å². The van der Waals surface area contributed by atoms with Gasteiger partial charge in [-0.25, -0.2) is 0 Å². The van der Waals surface area contributed by atoms with E-state index >= 15 is 0 Å². The van der Waals surface area contributed by atoms with Crippen molar-refractivity contribution in [2.24, 2.45) is 0 Å². The van der Waals surface area contributed by atoms with Gasteiger partial charge >= 0.3 is 79.1 Å². The minimum absolute atomic E-state index is 0.408. The molecular weight excluding hydrogens is 219 g/mol. The summed E-state index contributed by atoms with van der Waals surface area (Å²) in [6.45, 7) is 2.12. The predicted molar refractivity (Wildman–Crippen MR) is 54.7 cm³/mol. The quantitative estimate of drug-likeness (QED) is 0.562. The summed E-state index contributed by atoms with van der Waals surface area (Å²) in [5.74, 6) is 0. The van der Waals surface area contributed by atoms with Gasteiger partial charge in [0, 0.05) is 0 Å². The van der Waals surface area contributed by atoms with E-state index < -0.39 is 0 Å². The molecule has 0 radical (unpaired) electrons. The van der Waals surface area contributed by atoms with Gasteiger partial charge in [-0.05, 0) is 0 Å². The molecule has 11 heavy (non-hydrogen) atoms. The summed E-state index contributed by atoms with van der Waals surface area (Å²) in [7, 11) is 0. The Morgan fingerprint density at radius 1 is 1.36 bits per heavy atom. The van der Waals surface area contributed by atoms with Gasteiger partial charge in [-0.2, -0.15) is 0 Å². The van der Waals surface area contributed by atoms with Crippen molar-refractivity contribution in [3.05, 3.63) is 30.3 Å². The zero-order valence-electron chi connectivity index (χ0n) is 6.41. The predicted octanol–water partition coefficient (Wildman–Crippen LogP) is 1.75. The fourth-order valence-electron chi connectivity index (χ4n) is 0.692. The summed E-state index contributed by atoms with van der Waals surface area (Å²) < 4.78 is 2.58. The van der Waals surface area contributed by atoms with Crippen molar-refractivity contribution in [2.75, 3.05) is 0 Å². The van der Waals surface area contributed by atoms with Crippen molar-refractivity contribution < 1.29 is 0 Å². The first-order chi connectivity index (χ1) is 5.33. The second-order valence-electron chi connectivity index (χ2n) is 2.14. The Kier molecular flexibility index (Phi) is 3.78. The van der Waals surface area contributed by atoms with E-state index in [1.807, 2.05) is 6.07 Å². The fraction of sp³-hybridized carbons (Fsp3) is 0.222. The van der Waals surface area contributed by atoms with E-state index in [1.54, 1.807) is 0 Å². The van der Waals surface area contributed by atoms with Gasteiger partial charge < -0.3 is 0 Å². The number of benzene rings is 1. The van der Waals surface area contributed by atoms with E-state index in [0.717, 1.165) is 6.42 Å². The van der Waals surface area contributed by atoms with Crippen LogP contribution >= 0.6 is 12.2 Å². The first-order valence-electron chi connectivity index (χ1n) is 3.58. The summed E-state index contributed by atoms with van der Waals surface area (Å²) in [5, 5.41) is 0. The van der Waals surface area contributed by atoms with Gasteiger partial charge in [-0.15, -0.1) is 0 Å². The molecule has 0 bridgehead atoms. The Hall–Kier alpha value is -0.171. The van der Waals surface area contributed by atoms with Crippen molar-refractivity contribution in [3.8, 4) is 0 Å². The summed E-state index contributed by atoms with van der Waals surface area (Å²) in [6.07, 6.45) is 1.03. The maximum absolute atomic E-state index is 5.17. The molecule has 0 fully saturated rings. The van der Waals surface area contributed by atoms with Crippen LogP contribution in [-0.4, -0.2) is 18.7 Å². The molecule has 0 aromatic heterocycles. The molecule has 0 aliphatic heterocycles. The second kappa shape index (κ2) is 4.66. The molecule has 0 aliphatic rings. The molecule has 1 rings (SSSR count). The van der Waals surface area contributed by atoms with E-state index in [-0.39, 0.29) is 0 Å². The first-order valence-corrected chi connectivity index (χ1v) is 5.71. The maximum atomic E-state index is 5.17. The van der Waals surface area contributed by atoms with Crippen molar-refractivity contribution in [3.63, 3.8) is 0 Å².